The first-order valence-corrected chi connectivity index (χ1v) is 0.516. The van der Waals surface area contributed by atoms with Gasteiger partial charge in [-0.1, -0.05) is 0 Å². The average Bonchev–Trinajstić information content (AvgIpc) is 0.918. The summed E-state index contributed by atoms with van der Waals surface area (Å²) in [5.41, 5.74) is 0. The third kappa shape index (κ3) is 9.59. The third-order valence-electron chi connectivity index (χ3n) is 0. The molecule has 0 aliphatic rings. The van der Waals surface area contributed by atoms with Crippen LogP contribution in [-0.2, 0) is 0 Å². The molecule has 0 aromatic rings. The van der Waals surface area contributed by atoms with Gasteiger partial charge in [0.2, 0.25) is 0 Å². The van der Waals surface area contributed by atoms with Gasteiger partial charge in [-0.2, -0.15) is 0 Å². The van der Waals surface area contributed by atoms with Crippen LogP contribution in [0.2, 0.25) is 0 Å². The Labute approximate surface area is 68.6 Å². The molecule has 0 heterocycles. The van der Waals surface area contributed by atoms with Crippen LogP contribution in [0.3, 0.4) is 0 Å². The zero-order chi connectivity index (χ0) is 2.71. The molecular formula is H4BBaO2. The Balaban J connectivity index is -0.00000000667. The van der Waals surface area contributed by atoms with Crippen molar-refractivity contribution in [3.8, 4) is 0 Å². The fraction of sp³-hybridized carbons (Fsp3) is 0. The Morgan fingerprint density at radius 3 is 1.50 bits per heavy atom. The molecule has 0 atom stereocenters. The Morgan fingerprint density at radius 2 is 1.50 bits per heavy atom. The van der Waals surface area contributed by atoms with Crippen LogP contribution in [0.1, 0.15) is 2.85 Å². The second-order valence-electron chi connectivity index (χ2n) is 0.115. The van der Waals surface area contributed by atoms with Crippen LogP contribution >= 0.6 is 0 Å². The summed E-state index contributed by atoms with van der Waals surface area (Å²) in [7, 11) is 0. The maximum Gasteiger partial charge on any atom is 2.00 e. The standard InChI is InChI=1S/BH2O2.Ba.2H/c2-1-3;;;/h2-3H;;;/q;+2;2*-1. The summed E-state index contributed by atoms with van der Waals surface area (Å²) in [6, 6.07) is 0. The molecule has 0 saturated carbocycles. The summed E-state index contributed by atoms with van der Waals surface area (Å²) in [6.45, 7) is 0. The Morgan fingerprint density at radius 1 is 1.50 bits per heavy atom. The van der Waals surface area contributed by atoms with Crippen molar-refractivity contribution in [2.75, 3.05) is 0 Å². The van der Waals surface area contributed by atoms with E-state index in [4.69, 9.17) is 10.0 Å². The minimum Gasteiger partial charge on any atom is -1.00 e. The molecule has 21 valence electrons. The predicted octanol–water partition coefficient (Wildman–Crippen LogP) is -1.65. The van der Waals surface area contributed by atoms with Crippen molar-refractivity contribution >= 4 is 56.6 Å². The maximum atomic E-state index is 7.00. The van der Waals surface area contributed by atoms with E-state index in [-0.39, 0.29) is 59.4 Å². The minimum atomic E-state index is 0. The molecule has 0 aromatic carbocycles. The first-order valence-electron chi connectivity index (χ1n) is 0.516. The summed E-state index contributed by atoms with van der Waals surface area (Å²) < 4.78 is 0. The Bertz CT molecular complexity index is 11.5. The van der Waals surface area contributed by atoms with E-state index in [0.29, 0.717) is 0 Å². The van der Waals surface area contributed by atoms with Crippen LogP contribution < -0.4 is 0 Å². The minimum absolute atomic E-state index is 0. The molecule has 0 rings (SSSR count). The van der Waals surface area contributed by atoms with Crippen LogP contribution in [0.25, 0.3) is 0 Å². The smallest absolute Gasteiger partial charge is 1.00 e. The molecule has 4 heavy (non-hydrogen) atoms. The molecular weight excluding hydrogens is 180 g/mol. The number of hydrogen-bond acceptors (Lipinski definition) is 2. The molecule has 0 aromatic heterocycles. The molecule has 0 aliphatic heterocycles. The molecule has 0 spiro atoms. The van der Waals surface area contributed by atoms with E-state index < -0.39 is 0 Å². The summed E-state index contributed by atoms with van der Waals surface area (Å²) in [4.78, 5) is 0. The third-order valence-corrected chi connectivity index (χ3v) is 0. The summed E-state index contributed by atoms with van der Waals surface area (Å²) in [6.07, 6.45) is 0. The fourth-order valence-corrected chi connectivity index (χ4v) is 0. The molecule has 2 nitrogen and oxygen atoms in total. The van der Waals surface area contributed by atoms with Crippen molar-refractivity contribution in [3.05, 3.63) is 0 Å². The van der Waals surface area contributed by atoms with Gasteiger partial charge in [-0.3, -0.25) is 0 Å². The summed E-state index contributed by atoms with van der Waals surface area (Å²) in [5, 5.41) is 14.0. The second-order valence-corrected chi connectivity index (χ2v) is 0.115. The zero-order valence-electron chi connectivity index (χ0n) is 4.18. The second kappa shape index (κ2) is 8.82. The van der Waals surface area contributed by atoms with Crippen molar-refractivity contribution in [2.24, 2.45) is 0 Å². The molecule has 0 saturated heterocycles. The Kier molecular flexibility index (Phi) is 20.1. The first-order chi connectivity index (χ1) is 1.41. The summed E-state index contributed by atoms with van der Waals surface area (Å²) in [5.74, 6) is 0. The van der Waals surface area contributed by atoms with E-state index in [1.54, 1.807) is 0 Å². The zero-order valence-corrected chi connectivity index (χ0v) is 6.62. The normalized spacial score (nSPS) is 3.50. The Hall–Kier alpha value is 1.56. The molecule has 0 fully saturated rings. The van der Waals surface area contributed by atoms with Crippen LogP contribution in [0.5, 0.6) is 0 Å². The predicted molar refractivity (Wildman–Crippen MR) is 18.2 cm³/mol. The molecule has 0 unspecified atom stereocenters. The van der Waals surface area contributed by atoms with E-state index in [1.165, 1.54) is 0 Å². The summed E-state index contributed by atoms with van der Waals surface area (Å²) >= 11 is 0. The molecule has 0 aliphatic carbocycles. The van der Waals surface area contributed by atoms with Crippen LogP contribution in [0, 0.1) is 0 Å². The fourth-order valence-electron chi connectivity index (χ4n) is 0. The SMILES string of the molecule is O[B]O.[Ba+2].[H-].[H-]. The molecule has 0 amide bonds. The van der Waals surface area contributed by atoms with Gasteiger partial charge in [0.25, 0.3) is 0 Å². The van der Waals surface area contributed by atoms with Gasteiger partial charge < -0.3 is 12.9 Å². The number of hydrogen-bond donors (Lipinski definition) is 2. The van der Waals surface area contributed by atoms with Gasteiger partial charge in [0.05, 0.1) is 0 Å². The van der Waals surface area contributed by atoms with Crippen LogP contribution in [-0.4, -0.2) is 66.6 Å². The largest absolute Gasteiger partial charge is 2.00 e. The monoisotopic (exact) mass is 185 g/mol. The topological polar surface area (TPSA) is 40.5 Å². The average molecular weight is 184 g/mol. The van der Waals surface area contributed by atoms with Crippen molar-refractivity contribution in [1.29, 1.82) is 0 Å². The van der Waals surface area contributed by atoms with E-state index in [0.717, 1.165) is 0 Å². The van der Waals surface area contributed by atoms with Gasteiger partial charge >= 0.3 is 56.6 Å². The van der Waals surface area contributed by atoms with Gasteiger partial charge in [-0.15, -0.1) is 0 Å². The molecule has 4 heteroatoms. The maximum absolute atomic E-state index is 7.00. The van der Waals surface area contributed by atoms with Gasteiger partial charge in [-0.25, -0.2) is 0 Å². The number of rotatable bonds is 0. The van der Waals surface area contributed by atoms with Gasteiger partial charge in [0.1, 0.15) is 0 Å². The van der Waals surface area contributed by atoms with Crippen LogP contribution in [0.4, 0.5) is 0 Å². The van der Waals surface area contributed by atoms with Gasteiger partial charge in [0, 0.05) is 0 Å². The van der Waals surface area contributed by atoms with E-state index in [2.05, 4.69) is 0 Å². The molecule has 1 radical (unpaired) electrons. The molecule has 2 N–H and O–H groups in total. The van der Waals surface area contributed by atoms with Crippen LogP contribution in [0.15, 0.2) is 0 Å². The first kappa shape index (κ1) is 9.12. The van der Waals surface area contributed by atoms with Crippen molar-refractivity contribution in [3.63, 3.8) is 0 Å². The van der Waals surface area contributed by atoms with E-state index in [9.17, 15) is 0 Å². The van der Waals surface area contributed by atoms with Crippen molar-refractivity contribution in [1.82, 2.24) is 0 Å². The van der Waals surface area contributed by atoms with Gasteiger partial charge in [-0.05, 0) is 0 Å². The van der Waals surface area contributed by atoms with Crippen molar-refractivity contribution < 1.29 is 12.9 Å². The van der Waals surface area contributed by atoms with Crippen molar-refractivity contribution in [2.45, 2.75) is 0 Å². The quantitative estimate of drug-likeness (QED) is 0.443. The molecule has 0 bridgehead atoms. The van der Waals surface area contributed by atoms with E-state index in [1.807, 2.05) is 0 Å². The van der Waals surface area contributed by atoms with E-state index >= 15 is 0 Å². The van der Waals surface area contributed by atoms with Gasteiger partial charge in [0.15, 0.2) is 0 Å².